The normalized spacial score (nSPS) is 19.2. The summed E-state index contributed by atoms with van der Waals surface area (Å²) >= 11 is 0. The van der Waals surface area contributed by atoms with Crippen LogP contribution in [0.5, 0.6) is 0 Å². The number of pyridine rings is 1. The first kappa shape index (κ1) is 18.4. The molecule has 3 aromatic rings. The molecule has 0 spiro atoms. The molecule has 0 bridgehead atoms. The highest BCUT2D eigenvalue weighted by atomic mass is 19.1. The summed E-state index contributed by atoms with van der Waals surface area (Å²) in [6, 6.07) is 9.36. The van der Waals surface area contributed by atoms with E-state index in [-0.39, 0.29) is 30.0 Å². The van der Waals surface area contributed by atoms with Crippen LogP contribution in [0.1, 0.15) is 18.2 Å². The maximum Gasteiger partial charge on any atom is 0.233 e. The smallest absolute Gasteiger partial charge is 0.233 e. The van der Waals surface area contributed by atoms with Gasteiger partial charge in [0.05, 0.1) is 11.8 Å². The highest BCUT2D eigenvalue weighted by molar-refractivity contribution is 6.00. The van der Waals surface area contributed by atoms with Crippen molar-refractivity contribution in [3.63, 3.8) is 0 Å². The Morgan fingerprint density at radius 1 is 1.13 bits per heavy atom. The molecule has 5 rings (SSSR count). The van der Waals surface area contributed by atoms with Crippen molar-refractivity contribution in [2.45, 2.75) is 12.3 Å². The summed E-state index contributed by atoms with van der Waals surface area (Å²) in [5.74, 6) is -0.00882. The fourth-order valence-electron chi connectivity index (χ4n) is 3.83. The van der Waals surface area contributed by atoms with Crippen molar-refractivity contribution in [1.29, 1.82) is 0 Å². The number of halogens is 1. The summed E-state index contributed by atoms with van der Waals surface area (Å²) in [5.41, 5.74) is 1.37. The number of benzene rings is 1. The molecule has 2 aliphatic heterocycles. The third-order valence-electron chi connectivity index (χ3n) is 5.52. The van der Waals surface area contributed by atoms with Gasteiger partial charge in [0.25, 0.3) is 0 Å². The topological polar surface area (TPSA) is 92.4 Å². The van der Waals surface area contributed by atoms with Gasteiger partial charge in [-0.15, -0.1) is 0 Å². The number of likely N-dealkylation sites (tertiary alicyclic amines) is 1. The first-order chi connectivity index (χ1) is 14.6. The Hall–Kier alpha value is -3.62. The Kier molecular flexibility index (Phi) is 4.50. The van der Waals surface area contributed by atoms with Crippen LogP contribution >= 0.6 is 0 Å². The molecule has 1 aromatic carbocycles. The van der Waals surface area contributed by atoms with E-state index in [4.69, 9.17) is 4.52 Å². The maximum atomic E-state index is 13.1. The molecular formula is C21H18FN5O3. The minimum absolute atomic E-state index is 0.0165. The highest BCUT2D eigenvalue weighted by Gasteiger charge is 2.42. The minimum Gasteiger partial charge on any atom is -0.341 e. The molecule has 0 radical (unpaired) electrons. The number of amides is 2. The van der Waals surface area contributed by atoms with Crippen LogP contribution in [0.15, 0.2) is 53.3 Å². The van der Waals surface area contributed by atoms with Crippen LogP contribution in [0.2, 0.25) is 0 Å². The van der Waals surface area contributed by atoms with Crippen LogP contribution in [-0.2, 0) is 9.59 Å². The lowest BCUT2D eigenvalue weighted by Crippen LogP contribution is -2.51. The summed E-state index contributed by atoms with van der Waals surface area (Å²) in [4.78, 5) is 36.9. The molecule has 2 aromatic heterocycles. The molecule has 9 heteroatoms. The predicted octanol–water partition coefficient (Wildman–Crippen LogP) is 2.25. The monoisotopic (exact) mass is 407 g/mol. The predicted molar refractivity (Wildman–Crippen MR) is 104 cm³/mol. The van der Waals surface area contributed by atoms with Gasteiger partial charge in [-0.2, -0.15) is 4.98 Å². The van der Waals surface area contributed by atoms with E-state index in [9.17, 15) is 14.0 Å². The second-order valence-corrected chi connectivity index (χ2v) is 7.52. The number of carbonyl (C=O) groups excluding carboxylic acids is 2. The van der Waals surface area contributed by atoms with Gasteiger partial charge >= 0.3 is 0 Å². The van der Waals surface area contributed by atoms with Crippen molar-refractivity contribution < 1.29 is 18.5 Å². The first-order valence-electron chi connectivity index (χ1n) is 9.67. The van der Waals surface area contributed by atoms with Gasteiger partial charge in [0, 0.05) is 49.7 Å². The number of rotatable bonds is 4. The van der Waals surface area contributed by atoms with Gasteiger partial charge in [-0.3, -0.25) is 14.6 Å². The fraction of sp³-hybridized carbons (Fsp3) is 0.286. The van der Waals surface area contributed by atoms with Crippen molar-refractivity contribution in [2.75, 3.05) is 24.5 Å². The zero-order valence-electron chi connectivity index (χ0n) is 15.9. The summed E-state index contributed by atoms with van der Waals surface area (Å²) in [6.45, 7) is 1.26. The number of hydrogen-bond donors (Lipinski definition) is 0. The third-order valence-corrected chi connectivity index (χ3v) is 5.52. The molecule has 30 heavy (non-hydrogen) atoms. The molecule has 1 unspecified atom stereocenters. The molecule has 2 fully saturated rings. The second-order valence-electron chi connectivity index (χ2n) is 7.52. The van der Waals surface area contributed by atoms with Crippen molar-refractivity contribution in [3.8, 4) is 11.4 Å². The van der Waals surface area contributed by atoms with Gasteiger partial charge in [-0.05, 0) is 36.4 Å². The molecule has 0 saturated carbocycles. The van der Waals surface area contributed by atoms with E-state index >= 15 is 0 Å². The van der Waals surface area contributed by atoms with Crippen molar-refractivity contribution in [1.82, 2.24) is 20.0 Å². The number of hydrogen-bond acceptors (Lipinski definition) is 6. The second kappa shape index (κ2) is 7.33. The lowest BCUT2D eigenvalue weighted by atomic mass is 9.96. The van der Waals surface area contributed by atoms with E-state index in [0.29, 0.717) is 37.0 Å². The van der Waals surface area contributed by atoms with Crippen molar-refractivity contribution >= 4 is 17.5 Å². The number of nitrogens with zero attached hydrogens (tertiary/aromatic N) is 5. The third kappa shape index (κ3) is 3.32. The van der Waals surface area contributed by atoms with Gasteiger partial charge in [-0.25, -0.2) is 4.39 Å². The molecule has 0 aliphatic carbocycles. The number of carbonyl (C=O) groups is 2. The van der Waals surface area contributed by atoms with Crippen LogP contribution in [-0.4, -0.2) is 51.5 Å². The molecule has 1 atom stereocenters. The zero-order valence-corrected chi connectivity index (χ0v) is 15.9. The SMILES string of the molecule is O=C(C1CC(=O)N(c2ccc(F)cc2)C1)N1CC(c2nc(-c3cccnc3)no2)C1. The maximum absolute atomic E-state index is 13.1. The Bertz CT molecular complexity index is 1080. The van der Waals surface area contributed by atoms with Gasteiger partial charge in [-0.1, -0.05) is 5.16 Å². The molecule has 2 aliphatic rings. The molecule has 4 heterocycles. The fourth-order valence-corrected chi connectivity index (χ4v) is 3.83. The summed E-state index contributed by atoms with van der Waals surface area (Å²) in [7, 11) is 0. The number of aromatic nitrogens is 3. The van der Waals surface area contributed by atoms with E-state index in [1.54, 1.807) is 35.5 Å². The Balaban J connectivity index is 1.20. The summed E-state index contributed by atoms with van der Waals surface area (Å²) < 4.78 is 18.5. The van der Waals surface area contributed by atoms with E-state index in [1.807, 2.05) is 6.07 Å². The Morgan fingerprint density at radius 3 is 2.67 bits per heavy atom. The minimum atomic E-state index is -0.405. The molecule has 2 saturated heterocycles. The van der Waals surface area contributed by atoms with Crippen LogP contribution in [0, 0.1) is 11.7 Å². The largest absolute Gasteiger partial charge is 0.341 e. The molecule has 0 N–H and O–H groups in total. The summed E-state index contributed by atoms with van der Waals surface area (Å²) in [5, 5.41) is 3.99. The highest BCUT2D eigenvalue weighted by Crippen LogP contribution is 2.32. The molecule has 152 valence electrons. The molecule has 8 nitrogen and oxygen atoms in total. The quantitative estimate of drug-likeness (QED) is 0.659. The molecule has 2 amide bonds. The van der Waals surface area contributed by atoms with Crippen LogP contribution in [0.3, 0.4) is 0 Å². The van der Waals surface area contributed by atoms with Crippen LogP contribution in [0.25, 0.3) is 11.4 Å². The van der Waals surface area contributed by atoms with Crippen molar-refractivity contribution in [2.24, 2.45) is 5.92 Å². The van der Waals surface area contributed by atoms with Gasteiger partial charge in [0.2, 0.25) is 23.5 Å². The van der Waals surface area contributed by atoms with E-state index in [1.165, 1.54) is 17.0 Å². The van der Waals surface area contributed by atoms with Crippen molar-refractivity contribution in [3.05, 3.63) is 60.5 Å². The van der Waals surface area contributed by atoms with E-state index < -0.39 is 5.92 Å². The summed E-state index contributed by atoms with van der Waals surface area (Å²) in [6.07, 6.45) is 3.49. The standard InChI is InChI=1S/C21H18FN5O3/c22-16-3-5-17(6-4-16)27-12-14(8-18(27)28)21(29)26-10-15(11-26)20-24-19(25-30-20)13-2-1-7-23-9-13/h1-7,9,14-15H,8,10-12H2. The average Bonchev–Trinajstić information content (AvgIpc) is 3.35. The first-order valence-corrected chi connectivity index (χ1v) is 9.67. The van der Waals surface area contributed by atoms with E-state index in [0.717, 1.165) is 5.56 Å². The van der Waals surface area contributed by atoms with Gasteiger partial charge < -0.3 is 14.3 Å². The number of anilines is 1. The zero-order chi connectivity index (χ0) is 20.7. The van der Waals surface area contributed by atoms with Crippen LogP contribution < -0.4 is 4.90 Å². The van der Waals surface area contributed by atoms with E-state index in [2.05, 4.69) is 15.1 Å². The van der Waals surface area contributed by atoms with Gasteiger partial charge in [0.1, 0.15) is 5.82 Å². The lowest BCUT2D eigenvalue weighted by Gasteiger charge is -2.38. The Morgan fingerprint density at radius 2 is 1.93 bits per heavy atom. The van der Waals surface area contributed by atoms with Gasteiger partial charge in [0.15, 0.2) is 0 Å². The molecular weight excluding hydrogens is 389 g/mol. The van der Waals surface area contributed by atoms with Crippen LogP contribution in [0.4, 0.5) is 10.1 Å². The Labute approximate surface area is 171 Å². The lowest BCUT2D eigenvalue weighted by molar-refractivity contribution is -0.140. The average molecular weight is 407 g/mol.